The highest BCUT2D eigenvalue weighted by atomic mass is 16.5. The van der Waals surface area contributed by atoms with E-state index in [9.17, 15) is 9.59 Å². The number of para-hydroxylation sites is 1. The molecule has 3 rings (SSSR count). The molecule has 0 bridgehead atoms. The summed E-state index contributed by atoms with van der Waals surface area (Å²) in [6.07, 6.45) is 5.02. The number of anilines is 1. The van der Waals surface area contributed by atoms with Gasteiger partial charge in [0.2, 0.25) is 11.8 Å². The van der Waals surface area contributed by atoms with E-state index in [1.54, 1.807) is 0 Å². The number of hydrogen-bond acceptors (Lipinski definition) is 3. The summed E-state index contributed by atoms with van der Waals surface area (Å²) in [6.45, 7) is 6.92. The van der Waals surface area contributed by atoms with Crippen molar-refractivity contribution in [2.45, 2.75) is 52.4 Å². The SMILES string of the molecule is CCc1cccc(CC)c1NC(=O)C1CCC(C(=O)N2CCOCC2)CC1. The van der Waals surface area contributed by atoms with Gasteiger partial charge in [0, 0.05) is 30.6 Å². The molecule has 1 saturated carbocycles. The minimum absolute atomic E-state index is 0.00774. The van der Waals surface area contributed by atoms with Crippen molar-refractivity contribution >= 4 is 17.5 Å². The molecule has 1 saturated heterocycles. The van der Waals surface area contributed by atoms with Gasteiger partial charge in [0.15, 0.2) is 0 Å². The molecule has 0 radical (unpaired) electrons. The van der Waals surface area contributed by atoms with Crippen LogP contribution in [-0.2, 0) is 27.2 Å². The molecular weight excluding hydrogens is 340 g/mol. The van der Waals surface area contributed by atoms with Crippen LogP contribution in [0.1, 0.15) is 50.7 Å². The number of nitrogens with zero attached hydrogens (tertiary/aromatic N) is 1. The number of carbonyl (C=O) groups is 2. The summed E-state index contributed by atoms with van der Waals surface area (Å²) >= 11 is 0. The number of morpholine rings is 1. The number of nitrogens with one attached hydrogen (secondary N) is 1. The average molecular weight is 373 g/mol. The van der Waals surface area contributed by atoms with Crippen molar-refractivity contribution in [2.75, 3.05) is 31.6 Å². The van der Waals surface area contributed by atoms with Crippen molar-refractivity contribution in [2.24, 2.45) is 11.8 Å². The second kappa shape index (κ2) is 9.36. The Balaban J connectivity index is 1.57. The molecule has 2 aliphatic rings. The first-order chi connectivity index (χ1) is 13.1. The second-order valence-electron chi connectivity index (χ2n) is 7.63. The molecule has 1 N–H and O–H groups in total. The largest absolute Gasteiger partial charge is 0.378 e. The summed E-state index contributed by atoms with van der Waals surface area (Å²) in [4.78, 5) is 27.4. The highest BCUT2D eigenvalue weighted by molar-refractivity contribution is 5.94. The van der Waals surface area contributed by atoms with Gasteiger partial charge < -0.3 is 15.0 Å². The third-order valence-corrected chi connectivity index (χ3v) is 6.02. The summed E-state index contributed by atoms with van der Waals surface area (Å²) in [5.41, 5.74) is 3.39. The Bertz CT molecular complexity index is 637. The molecule has 0 unspecified atom stereocenters. The lowest BCUT2D eigenvalue weighted by atomic mass is 9.80. The number of ether oxygens (including phenoxy) is 1. The van der Waals surface area contributed by atoms with Crippen molar-refractivity contribution in [1.82, 2.24) is 4.90 Å². The van der Waals surface area contributed by atoms with E-state index in [-0.39, 0.29) is 23.7 Å². The molecule has 27 heavy (non-hydrogen) atoms. The zero-order chi connectivity index (χ0) is 19.2. The fraction of sp³-hybridized carbons (Fsp3) is 0.636. The Kier molecular flexibility index (Phi) is 6.89. The molecule has 5 nitrogen and oxygen atoms in total. The van der Waals surface area contributed by atoms with E-state index < -0.39 is 0 Å². The summed E-state index contributed by atoms with van der Waals surface area (Å²) in [5.74, 6) is 0.444. The van der Waals surface area contributed by atoms with Crippen LogP contribution in [0.3, 0.4) is 0 Å². The van der Waals surface area contributed by atoms with Gasteiger partial charge in [-0.1, -0.05) is 32.0 Å². The molecule has 2 amide bonds. The van der Waals surface area contributed by atoms with Gasteiger partial charge in [-0.05, 0) is 49.7 Å². The molecule has 0 aromatic heterocycles. The standard InChI is InChI=1S/C22H32N2O3/c1-3-16-6-5-7-17(4-2)20(16)23-21(25)18-8-10-19(11-9-18)22(26)24-12-14-27-15-13-24/h5-7,18-19H,3-4,8-15H2,1-2H3,(H,23,25). The van der Waals surface area contributed by atoms with Crippen molar-refractivity contribution in [3.8, 4) is 0 Å². The molecule has 1 aliphatic heterocycles. The number of carbonyl (C=O) groups excluding carboxylic acids is 2. The van der Waals surface area contributed by atoms with E-state index in [1.807, 2.05) is 4.90 Å². The molecule has 148 valence electrons. The van der Waals surface area contributed by atoms with Crippen LogP contribution in [0, 0.1) is 11.8 Å². The first kappa shape index (κ1) is 19.9. The lowest BCUT2D eigenvalue weighted by Gasteiger charge is -2.33. The number of benzene rings is 1. The van der Waals surface area contributed by atoms with Gasteiger partial charge in [0.25, 0.3) is 0 Å². The van der Waals surface area contributed by atoms with Gasteiger partial charge in [-0.3, -0.25) is 9.59 Å². The first-order valence-corrected chi connectivity index (χ1v) is 10.4. The Morgan fingerprint density at radius 2 is 1.56 bits per heavy atom. The minimum atomic E-state index is 0.00774. The Labute approximate surface area is 162 Å². The third-order valence-electron chi connectivity index (χ3n) is 6.02. The van der Waals surface area contributed by atoms with E-state index in [4.69, 9.17) is 4.74 Å². The lowest BCUT2D eigenvalue weighted by Crippen LogP contribution is -2.44. The number of amides is 2. The van der Waals surface area contributed by atoms with Gasteiger partial charge >= 0.3 is 0 Å². The van der Waals surface area contributed by atoms with E-state index in [0.717, 1.165) is 44.2 Å². The molecule has 0 spiro atoms. The van der Waals surface area contributed by atoms with Crippen LogP contribution in [0.4, 0.5) is 5.69 Å². The van der Waals surface area contributed by atoms with Crippen LogP contribution < -0.4 is 5.32 Å². The summed E-state index contributed by atoms with van der Waals surface area (Å²) in [6, 6.07) is 6.25. The Morgan fingerprint density at radius 1 is 1.00 bits per heavy atom. The fourth-order valence-corrected chi connectivity index (χ4v) is 4.27. The maximum atomic E-state index is 12.9. The smallest absolute Gasteiger partial charge is 0.227 e. The van der Waals surface area contributed by atoms with Crippen LogP contribution in [0.25, 0.3) is 0 Å². The topological polar surface area (TPSA) is 58.6 Å². The lowest BCUT2D eigenvalue weighted by molar-refractivity contribution is -0.141. The predicted octanol–water partition coefficient (Wildman–Crippen LogP) is 3.42. The normalized spacial score (nSPS) is 23.1. The first-order valence-electron chi connectivity index (χ1n) is 10.4. The fourth-order valence-electron chi connectivity index (χ4n) is 4.27. The van der Waals surface area contributed by atoms with Gasteiger partial charge in [-0.2, -0.15) is 0 Å². The second-order valence-corrected chi connectivity index (χ2v) is 7.63. The van der Waals surface area contributed by atoms with Crippen molar-refractivity contribution in [3.63, 3.8) is 0 Å². The van der Waals surface area contributed by atoms with Crippen LogP contribution in [0.15, 0.2) is 18.2 Å². The molecule has 1 aromatic rings. The Morgan fingerprint density at radius 3 is 2.11 bits per heavy atom. The zero-order valence-electron chi connectivity index (χ0n) is 16.6. The molecule has 1 aliphatic carbocycles. The maximum Gasteiger partial charge on any atom is 0.227 e. The molecule has 5 heteroatoms. The van der Waals surface area contributed by atoms with Gasteiger partial charge in [0.05, 0.1) is 13.2 Å². The van der Waals surface area contributed by atoms with Crippen LogP contribution in [0.2, 0.25) is 0 Å². The van der Waals surface area contributed by atoms with Crippen LogP contribution in [-0.4, -0.2) is 43.0 Å². The van der Waals surface area contributed by atoms with Crippen LogP contribution in [0.5, 0.6) is 0 Å². The molecular formula is C22H32N2O3. The summed E-state index contributed by atoms with van der Waals surface area (Å²) < 4.78 is 5.33. The molecule has 0 atom stereocenters. The monoisotopic (exact) mass is 372 g/mol. The average Bonchev–Trinajstić information content (AvgIpc) is 2.74. The summed E-state index contributed by atoms with van der Waals surface area (Å²) in [5, 5.41) is 3.21. The Hall–Kier alpha value is -1.88. The van der Waals surface area contributed by atoms with Crippen molar-refractivity contribution in [1.29, 1.82) is 0 Å². The van der Waals surface area contributed by atoms with Gasteiger partial charge in [-0.25, -0.2) is 0 Å². The van der Waals surface area contributed by atoms with Crippen molar-refractivity contribution < 1.29 is 14.3 Å². The maximum absolute atomic E-state index is 12.9. The van der Waals surface area contributed by atoms with E-state index in [0.29, 0.717) is 26.3 Å². The van der Waals surface area contributed by atoms with E-state index >= 15 is 0 Å². The van der Waals surface area contributed by atoms with Gasteiger partial charge in [0.1, 0.15) is 0 Å². The highest BCUT2D eigenvalue weighted by Gasteiger charge is 2.32. The highest BCUT2D eigenvalue weighted by Crippen LogP contribution is 2.32. The quantitative estimate of drug-likeness (QED) is 0.862. The third kappa shape index (κ3) is 4.70. The predicted molar refractivity (Wildman–Crippen MR) is 107 cm³/mol. The van der Waals surface area contributed by atoms with Gasteiger partial charge in [-0.15, -0.1) is 0 Å². The molecule has 2 fully saturated rings. The number of aryl methyl sites for hydroxylation is 2. The minimum Gasteiger partial charge on any atom is -0.378 e. The number of rotatable bonds is 5. The number of hydrogen-bond donors (Lipinski definition) is 1. The van der Waals surface area contributed by atoms with E-state index in [2.05, 4.69) is 37.4 Å². The summed E-state index contributed by atoms with van der Waals surface area (Å²) in [7, 11) is 0. The van der Waals surface area contributed by atoms with Crippen molar-refractivity contribution in [3.05, 3.63) is 29.3 Å². The molecule has 1 aromatic carbocycles. The van der Waals surface area contributed by atoms with E-state index in [1.165, 1.54) is 11.1 Å². The molecule has 1 heterocycles. The van der Waals surface area contributed by atoms with Crippen LogP contribution >= 0.6 is 0 Å². The zero-order valence-corrected chi connectivity index (χ0v) is 16.6.